The van der Waals surface area contributed by atoms with Crippen molar-refractivity contribution >= 4 is 15.7 Å². The molecule has 0 amide bonds. The monoisotopic (exact) mass is 308 g/mol. The minimum absolute atomic E-state index is 0.0694. The smallest absolute Gasteiger partial charge is 0.261 e. The van der Waals surface area contributed by atoms with Crippen molar-refractivity contribution in [2.24, 2.45) is 0 Å². The van der Waals surface area contributed by atoms with E-state index >= 15 is 0 Å². The number of para-hydroxylation sites is 1. The number of nitrogens with one attached hydrogen (secondary N) is 2. The zero-order chi connectivity index (χ0) is 15.0. The molecule has 0 aliphatic rings. The summed E-state index contributed by atoms with van der Waals surface area (Å²) in [6.45, 7) is 1.66. The van der Waals surface area contributed by atoms with E-state index in [0.29, 0.717) is 5.69 Å². The van der Waals surface area contributed by atoms with Gasteiger partial charge >= 0.3 is 0 Å². The van der Waals surface area contributed by atoms with Gasteiger partial charge in [0.2, 0.25) is 10.0 Å². The van der Waals surface area contributed by atoms with Gasteiger partial charge in [0, 0.05) is 13.1 Å². The Morgan fingerprint density at radius 3 is 2.65 bits per heavy atom. The lowest BCUT2D eigenvalue weighted by molar-refractivity contribution is 0.0215. The summed E-state index contributed by atoms with van der Waals surface area (Å²) in [6, 6.07) is 6.38. The van der Waals surface area contributed by atoms with Gasteiger partial charge in [0.15, 0.2) is 0 Å². The first-order valence-electron chi connectivity index (χ1n) is 6.16. The standard InChI is InChI=1S/C12H18F2N2O3S/c1-2-16-20(17,18)11-6-4-3-5-10(11)15-7-8-19-9-12(13)14/h3-6,12,15-16H,2,7-9H2,1H3. The largest absolute Gasteiger partial charge is 0.382 e. The van der Waals surface area contributed by atoms with Gasteiger partial charge in [-0.2, -0.15) is 0 Å². The van der Waals surface area contributed by atoms with Gasteiger partial charge in [-0.05, 0) is 12.1 Å². The lowest BCUT2D eigenvalue weighted by Crippen LogP contribution is -2.24. The molecule has 0 saturated heterocycles. The minimum atomic E-state index is -3.57. The number of sulfonamides is 1. The summed E-state index contributed by atoms with van der Waals surface area (Å²) in [5, 5.41) is 2.86. The molecule has 1 aromatic rings. The van der Waals surface area contributed by atoms with Crippen molar-refractivity contribution in [3.63, 3.8) is 0 Å². The van der Waals surface area contributed by atoms with E-state index in [1.807, 2.05) is 0 Å². The predicted molar refractivity (Wildman–Crippen MR) is 72.6 cm³/mol. The summed E-state index contributed by atoms with van der Waals surface area (Å²) < 4.78 is 54.7. The summed E-state index contributed by atoms with van der Waals surface area (Å²) in [6.07, 6.45) is -2.50. The van der Waals surface area contributed by atoms with Crippen molar-refractivity contribution in [1.82, 2.24) is 4.72 Å². The van der Waals surface area contributed by atoms with Gasteiger partial charge in [-0.25, -0.2) is 21.9 Å². The summed E-state index contributed by atoms with van der Waals surface area (Å²) in [5.41, 5.74) is 0.411. The van der Waals surface area contributed by atoms with E-state index in [1.165, 1.54) is 6.07 Å². The fourth-order valence-electron chi connectivity index (χ4n) is 1.55. The number of benzene rings is 1. The van der Waals surface area contributed by atoms with Crippen molar-refractivity contribution in [1.29, 1.82) is 0 Å². The molecule has 0 heterocycles. The number of ether oxygens (including phenoxy) is 1. The van der Waals surface area contributed by atoms with Crippen molar-refractivity contribution in [3.8, 4) is 0 Å². The average molecular weight is 308 g/mol. The Morgan fingerprint density at radius 1 is 1.30 bits per heavy atom. The summed E-state index contributed by atoms with van der Waals surface area (Å²) in [5.74, 6) is 0. The highest BCUT2D eigenvalue weighted by Crippen LogP contribution is 2.20. The molecule has 0 radical (unpaired) electrons. The Balaban J connectivity index is 2.63. The third-order valence-corrected chi connectivity index (χ3v) is 3.92. The van der Waals surface area contributed by atoms with Gasteiger partial charge in [0.05, 0.1) is 12.3 Å². The van der Waals surface area contributed by atoms with Crippen molar-refractivity contribution in [3.05, 3.63) is 24.3 Å². The number of alkyl halides is 2. The van der Waals surface area contributed by atoms with Crippen LogP contribution >= 0.6 is 0 Å². The van der Waals surface area contributed by atoms with Crippen LogP contribution in [0, 0.1) is 0 Å². The van der Waals surface area contributed by atoms with Crippen LogP contribution in [-0.2, 0) is 14.8 Å². The Kier molecular flexibility index (Phi) is 6.83. The molecule has 0 bridgehead atoms. The zero-order valence-corrected chi connectivity index (χ0v) is 11.9. The van der Waals surface area contributed by atoms with Gasteiger partial charge < -0.3 is 10.1 Å². The van der Waals surface area contributed by atoms with Crippen LogP contribution in [0.2, 0.25) is 0 Å². The number of anilines is 1. The summed E-state index contributed by atoms with van der Waals surface area (Å²) >= 11 is 0. The fraction of sp³-hybridized carbons (Fsp3) is 0.500. The number of rotatable bonds is 9. The third-order valence-electron chi connectivity index (χ3n) is 2.32. The average Bonchev–Trinajstić information content (AvgIpc) is 2.38. The second-order valence-corrected chi connectivity index (χ2v) is 5.63. The maximum absolute atomic E-state index is 11.9. The Morgan fingerprint density at radius 2 is 2.00 bits per heavy atom. The van der Waals surface area contributed by atoms with Gasteiger partial charge in [-0.3, -0.25) is 0 Å². The van der Waals surface area contributed by atoms with Gasteiger partial charge in [0.1, 0.15) is 11.5 Å². The van der Waals surface area contributed by atoms with E-state index in [0.717, 1.165) is 0 Å². The van der Waals surface area contributed by atoms with E-state index in [2.05, 4.69) is 10.0 Å². The van der Waals surface area contributed by atoms with Crippen molar-refractivity contribution < 1.29 is 21.9 Å². The summed E-state index contributed by atoms with van der Waals surface area (Å²) in [4.78, 5) is 0.121. The molecule has 0 fully saturated rings. The quantitative estimate of drug-likeness (QED) is 0.681. The van der Waals surface area contributed by atoms with E-state index in [9.17, 15) is 17.2 Å². The molecule has 1 rings (SSSR count). The first kappa shape index (κ1) is 16.8. The second-order valence-electron chi connectivity index (χ2n) is 3.89. The van der Waals surface area contributed by atoms with E-state index in [1.54, 1.807) is 25.1 Å². The van der Waals surface area contributed by atoms with E-state index < -0.39 is 23.1 Å². The van der Waals surface area contributed by atoms with Gasteiger partial charge in [0.25, 0.3) is 6.43 Å². The Labute approximate surface area is 117 Å². The van der Waals surface area contributed by atoms with Gasteiger partial charge in [-0.1, -0.05) is 19.1 Å². The van der Waals surface area contributed by atoms with Crippen LogP contribution in [0.4, 0.5) is 14.5 Å². The lowest BCUT2D eigenvalue weighted by Gasteiger charge is -2.12. The molecule has 1 aromatic carbocycles. The third kappa shape index (κ3) is 5.40. The molecule has 0 saturated carbocycles. The van der Waals surface area contributed by atoms with Crippen molar-refractivity contribution in [2.75, 3.05) is 31.6 Å². The molecule has 0 unspecified atom stereocenters. The molecule has 20 heavy (non-hydrogen) atoms. The molecule has 0 aliphatic heterocycles. The van der Waals surface area contributed by atoms with Crippen molar-refractivity contribution in [2.45, 2.75) is 18.2 Å². The van der Waals surface area contributed by atoms with E-state index in [4.69, 9.17) is 4.74 Å². The molecular formula is C12H18F2N2O3S. The molecular weight excluding hydrogens is 290 g/mol. The van der Waals surface area contributed by atoms with Crippen LogP contribution in [0.25, 0.3) is 0 Å². The number of hydrogen-bond acceptors (Lipinski definition) is 4. The van der Waals surface area contributed by atoms with Crippen LogP contribution in [0.5, 0.6) is 0 Å². The first-order valence-corrected chi connectivity index (χ1v) is 7.64. The molecule has 114 valence electrons. The normalized spacial score (nSPS) is 11.8. The minimum Gasteiger partial charge on any atom is -0.382 e. The molecule has 0 aromatic heterocycles. The zero-order valence-electron chi connectivity index (χ0n) is 11.1. The topological polar surface area (TPSA) is 67.4 Å². The van der Waals surface area contributed by atoms with Crippen LogP contribution in [0.1, 0.15) is 6.92 Å². The van der Waals surface area contributed by atoms with Crippen LogP contribution in [0.15, 0.2) is 29.2 Å². The van der Waals surface area contributed by atoms with Crippen LogP contribution in [-0.4, -0.2) is 41.1 Å². The fourth-order valence-corrected chi connectivity index (χ4v) is 2.77. The molecule has 8 heteroatoms. The predicted octanol–water partition coefficient (Wildman–Crippen LogP) is 1.68. The highest BCUT2D eigenvalue weighted by molar-refractivity contribution is 7.89. The molecule has 0 aliphatic carbocycles. The lowest BCUT2D eigenvalue weighted by atomic mass is 10.3. The van der Waals surface area contributed by atoms with Crippen LogP contribution < -0.4 is 10.0 Å². The van der Waals surface area contributed by atoms with Crippen LogP contribution in [0.3, 0.4) is 0 Å². The maximum Gasteiger partial charge on any atom is 0.261 e. The highest BCUT2D eigenvalue weighted by atomic mass is 32.2. The molecule has 2 N–H and O–H groups in total. The summed E-state index contributed by atoms with van der Waals surface area (Å²) in [7, 11) is -3.57. The Bertz CT molecular complexity index is 509. The highest BCUT2D eigenvalue weighted by Gasteiger charge is 2.16. The molecule has 5 nitrogen and oxygen atoms in total. The first-order chi connectivity index (χ1) is 9.47. The maximum atomic E-state index is 11.9. The molecule has 0 atom stereocenters. The molecule has 0 spiro atoms. The Hall–Kier alpha value is -1.25. The number of halogens is 2. The second kappa shape index (κ2) is 8.13. The number of hydrogen-bond donors (Lipinski definition) is 2. The SMILES string of the molecule is CCNS(=O)(=O)c1ccccc1NCCOCC(F)F. The van der Waals surface area contributed by atoms with E-state index in [-0.39, 0.29) is 24.6 Å². The van der Waals surface area contributed by atoms with Gasteiger partial charge in [-0.15, -0.1) is 0 Å².